The molecule has 0 atom stereocenters. The third kappa shape index (κ3) is 5.67. The molecule has 0 spiro atoms. The second kappa shape index (κ2) is 10.4. The molecule has 0 aliphatic heterocycles. The van der Waals surface area contributed by atoms with E-state index in [1.807, 2.05) is 30.3 Å². The number of aliphatic hydroxyl groups excluding tert-OH is 1. The van der Waals surface area contributed by atoms with Gasteiger partial charge < -0.3 is 25.2 Å². The fourth-order valence-corrected chi connectivity index (χ4v) is 4.22. The number of nitrogens with zero attached hydrogens (tertiary/aromatic N) is 1. The van der Waals surface area contributed by atoms with Gasteiger partial charge in [-0.15, -0.1) is 0 Å². The predicted molar refractivity (Wildman–Crippen MR) is 119 cm³/mol. The zero-order chi connectivity index (χ0) is 21.5. The van der Waals surface area contributed by atoms with E-state index in [2.05, 4.69) is 22.2 Å². The number of amides is 1. The van der Waals surface area contributed by atoms with Crippen LogP contribution in [0.15, 0.2) is 52.9 Å². The minimum atomic E-state index is -0.260. The molecule has 160 valence electrons. The number of hydrogen-bond donors (Lipinski definition) is 3. The second-order valence-electron chi connectivity index (χ2n) is 7.02. The Kier molecular flexibility index (Phi) is 7.59. The molecular weight excluding hydrogens is 402 g/mol. The lowest BCUT2D eigenvalue weighted by Gasteiger charge is -2.28. The van der Waals surface area contributed by atoms with Crippen LogP contribution in [0.25, 0.3) is 0 Å². The van der Waals surface area contributed by atoms with Gasteiger partial charge in [-0.25, -0.2) is 4.98 Å². The van der Waals surface area contributed by atoms with Crippen LogP contribution in [0.2, 0.25) is 0 Å². The van der Waals surface area contributed by atoms with Crippen LogP contribution in [0, 0.1) is 0 Å². The van der Waals surface area contributed by atoms with Crippen LogP contribution in [-0.2, 0) is 4.79 Å². The standard InChI is InChI=1S/C22H27N3O4S/c1-4-19(27)23-15-6-5-7-17(12-15)30-20-13-18(28-2)21(22(25-20)29-3)24-14-8-10-16(26)11-9-14/h4-7,12-14,16,24,26H,1,8-11H2,2-3H3,(H,23,27). The molecule has 1 amide bonds. The SMILES string of the molecule is C=CC(=O)Nc1cccc(Sc2cc(OC)c(NC3CCC(O)CC3)c(OC)n2)c1. The van der Waals surface area contributed by atoms with Gasteiger partial charge in [0.1, 0.15) is 16.5 Å². The van der Waals surface area contributed by atoms with Gasteiger partial charge in [-0.3, -0.25) is 4.79 Å². The number of aromatic nitrogens is 1. The molecule has 8 heteroatoms. The number of nitrogens with one attached hydrogen (secondary N) is 2. The highest BCUT2D eigenvalue weighted by molar-refractivity contribution is 7.99. The van der Waals surface area contributed by atoms with Crippen molar-refractivity contribution in [3.05, 3.63) is 43.0 Å². The molecule has 7 nitrogen and oxygen atoms in total. The van der Waals surface area contributed by atoms with Gasteiger partial charge in [0.05, 0.1) is 20.3 Å². The van der Waals surface area contributed by atoms with Gasteiger partial charge in [0, 0.05) is 22.7 Å². The summed E-state index contributed by atoms with van der Waals surface area (Å²) in [4.78, 5) is 17.1. The van der Waals surface area contributed by atoms with Gasteiger partial charge in [-0.05, 0) is 50.0 Å². The summed E-state index contributed by atoms with van der Waals surface area (Å²) in [6, 6.07) is 9.58. The monoisotopic (exact) mass is 429 g/mol. The lowest BCUT2D eigenvalue weighted by atomic mass is 9.93. The van der Waals surface area contributed by atoms with E-state index in [1.165, 1.54) is 17.8 Å². The number of anilines is 2. The summed E-state index contributed by atoms with van der Waals surface area (Å²) in [5.74, 6) is 0.843. The van der Waals surface area contributed by atoms with Crippen molar-refractivity contribution in [1.29, 1.82) is 0 Å². The molecule has 1 aliphatic carbocycles. The van der Waals surface area contributed by atoms with Gasteiger partial charge in [-0.1, -0.05) is 24.4 Å². The largest absolute Gasteiger partial charge is 0.494 e. The maximum absolute atomic E-state index is 11.5. The van der Waals surface area contributed by atoms with Crippen molar-refractivity contribution in [3.8, 4) is 11.6 Å². The highest BCUT2D eigenvalue weighted by Crippen LogP contribution is 2.40. The third-order valence-electron chi connectivity index (χ3n) is 4.89. The normalized spacial score (nSPS) is 18.4. The second-order valence-corrected chi connectivity index (χ2v) is 8.11. The van der Waals surface area contributed by atoms with Crippen LogP contribution < -0.4 is 20.1 Å². The van der Waals surface area contributed by atoms with Crippen LogP contribution in [0.5, 0.6) is 11.6 Å². The van der Waals surface area contributed by atoms with Crippen LogP contribution in [0.1, 0.15) is 25.7 Å². The molecule has 1 aliphatic rings. The average Bonchev–Trinajstić information content (AvgIpc) is 2.76. The Morgan fingerprint density at radius 3 is 2.67 bits per heavy atom. The molecule has 1 saturated carbocycles. The molecule has 0 saturated heterocycles. The van der Waals surface area contributed by atoms with E-state index < -0.39 is 0 Å². The van der Waals surface area contributed by atoms with Gasteiger partial charge in [0.25, 0.3) is 0 Å². The number of methoxy groups -OCH3 is 2. The molecule has 2 aromatic rings. The number of benzene rings is 1. The number of hydrogen-bond acceptors (Lipinski definition) is 7. The summed E-state index contributed by atoms with van der Waals surface area (Å²) in [7, 11) is 3.20. The fraction of sp³-hybridized carbons (Fsp3) is 0.364. The molecule has 3 rings (SSSR count). The van der Waals surface area contributed by atoms with E-state index in [-0.39, 0.29) is 18.1 Å². The van der Waals surface area contributed by atoms with Crippen LogP contribution >= 0.6 is 11.8 Å². The molecular formula is C22H27N3O4S. The highest BCUT2D eigenvalue weighted by Gasteiger charge is 2.23. The minimum Gasteiger partial charge on any atom is -0.494 e. The molecule has 3 N–H and O–H groups in total. The first kappa shape index (κ1) is 22.0. The van der Waals surface area contributed by atoms with E-state index in [9.17, 15) is 9.90 Å². The van der Waals surface area contributed by atoms with Crippen molar-refractivity contribution in [2.24, 2.45) is 0 Å². The van der Waals surface area contributed by atoms with Crippen LogP contribution in [0.3, 0.4) is 0 Å². The molecule has 30 heavy (non-hydrogen) atoms. The number of rotatable bonds is 8. The lowest BCUT2D eigenvalue weighted by Crippen LogP contribution is -2.28. The predicted octanol–water partition coefficient (Wildman–Crippen LogP) is 4.09. The van der Waals surface area contributed by atoms with Crippen molar-refractivity contribution in [3.63, 3.8) is 0 Å². The van der Waals surface area contributed by atoms with Crippen molar-refractivity contribution in [2.45, 2.75) is 47.8 Å². The number of carbonyl (C=O) groups is 1. The third-order valence-corrected chi connectivity index (χ3v) is 5.80. The molecule has 0 unspecified atom stereocenters. The zero-order valence-electron chi connectivity index (χ0n) is 17.2. The summed E-state index contributed by atoms with van der Waals surface area (Å²) in [6.45, 7) is 3.47. The molecule has 0 radical (unpaired) electrons. The molecule has 0 bridgehead atoms. The number of ether oxygens (including phenoxy) is 2. The highest BCUT2D eigenvalue weighted by atomic mass is 32.2. The van der Waals surface area contributed by atoms with Crippen molar-refractivity contribution in [2.75, 3.05) is 24.9 Å². The number of carbonyl (C=O) groups excluding carboxylic acids is 1. The Labute approximate surface area is 180 Å². The Bertz CT molecular complexity index is 873. The van der Waals surface area contributed by atoms with Crippen molar-refractivity contribution in [1.82, 2.24) is 4.98 Å². The zero-order valence-corrected chi connectivity index (χ0v) is 18.0. The smallest absolute Gasteiger partial charge is 0.247 e. The summed E-state index contributed by atoms with van der Waals surface area (Å²) in [6.07, 6.45) is 4.34. The number of pyridine rings is 1. The Morgan fingerprint density at radius 2 is 2.00 bits per heavy atom. The van der Waals surface area contributed by atoms with Crippen LogP contribution in [-0.4, -0.2) is 42.4 Å². The Morgan fingerprint density at radius 1 is 1.23 bits per heavy atom. The summed E-state index contributed by atoms with van der Waals surface area (Å²) < 4.78 is 11.1. The van der Waals surface area contributed by atoms with E-state index in [4.69, 9.17) is 9.47 Å². The molecule has 1 heterocycles. The van der Waals surface area contributed by atoms with E-state index in [0.29, 0.717) is 22.3 Å². The first-order chi connectivity index (χ1) is 14.5. The van der Waals surface area contributed by atoms with Gasteiger partial charge in [-0.2, -0.15) is 0 Å². The summed E-state index contributed by atoms with van der Waals surface area (Å²) in [5.41, 5.74) is 1.40. The van der Waals surface area contributed by atoms with E-state index in [0.717, 1.165) is 36.3 Å². The first-order valence-electron chi connectivity index (χ1n) is 9.81. The topological polar surface area (TPSA) is 92.7 Å². The number of aliphatic hydroxyl groups is 1. The Hall–Kier alpha value is -2.71. The molecule has 1 aromatic carbocycles. The first-order valence-corrected chi connectivity index (χ1v) is 10.6. The van der Waals surface area contributed by atoms with Crippen LogP contribution in [0.4, 0.5) is 11.4 Å². The Balaban J connectivity index is 1.80. The molecule has 1 aromatic heterocycles. The maximum atomic E-state index is 11.5. The fourth-order valence-electron chi connectivity index (χ4n) is 3.35. The quantitative estimate of drug-likeness (QED) is 0.544. The lowest BCUT2D eigenvalue weighted by molar-refractivity contribution is -0.111. The molecule has 1 fully saturated rings. The van der Waals surface area contributed by atoms with Gasteiger partial charge >= 0.3 is 0 Å². The van der Waals surface area contributed by atoms with Crippen molar-refractivity contribution < 1.29 is 19.4 Å². The van der Waals surface area contributed by atoms with Gasteiger partial charge in [0.15, 0.2) is 0 Å². The van der Waals surface area contributed by atoms with E-state index in [1.54, 1.807) is 14.2 Å². The maximum Gasteiger partial charge on any atom is 0.247 e. The minimum absolute atomic E-state index is 0.212. The summed E-state index contributed by atoms with van der Waals surface area (Å²) in [5, 5.41) is 16.7. The summed E-state index contributed by atoms with van der Waals surface area (Å²) >= 11 is 1.44. The van der Waals surface area contributed by atoms with E-state index >= 15 is 0 Å². The van der Waals surface area contributed by atoms with Crippen molar-refractivity contribution >= 4 is 29.0 Å². The van der Waals surface area contributed by atoms with Gasteiger partial charge in [0.2, 0.25) is 11.8 Å². The average molecular weight is 430 g/mol.